The van der Waals surface area contributed by atoms with E-state index >= 15 is 0 Å². The first kappa shape index (κ1) is 17.7. The Labute approximate surface area is 155 Å². The van der Waals surface area contributed by atoms with Crippen LogP contribution in [0.5, 0.6) is 0 Å². The maximum Gasteiger partial charge on any atom is 0.230 e. The molecule has 0 fully saturated rings. The molecule has 0 aliphatic rings. The van der Waals surface area contributed by atoms with E-state index in [1.165, 1.54) is 22.9 Å². The number of nitrogens with one attached hydrogen (secondary N) is 1. The van der Waals surface area contributed by atoms with Crippen LogP contribution >= 0.6 is 23.1 Å². The lowest BCUT2D eigenvalue weighted by Crippen LogP contribution is -2.24. The molecule has 0 saturated carbocycles. The van der Waals surface area contributed by atoms with Crippen LogP contribution in [-0.2, 0) is 11.3 Å². The number of carbonyl (C=O) groups excluding carboxylic acids is 1. The van der Waals surface area contributed by atoms with Crippen LogP contribution in [0.2, 0.25) is 0 Å². The highest BCUT2D eigenvalue weighted by Gasteiger charge is 2.11. The Kier molecular flexibility index (Phi) is 5.55. The third-order valence-corrected chi connectivity index (χ3v) is 5.60. The van der Waals surface area contributed by atoms with Crippen LogP contribution in [-0.4, -0.2) is 26.2 Å². The second kappa shape index (κ2) is 7.84. The number of benzene rings is 1. The van der Waals surface area contributed by atoms with E-state index in [2.05, 4.69) is 47.3 Å². The minimum atomic E-state index is -0.0200. The lowest BCUT2D eigenvalue weighted by molar-refractivity contribution is -0.118. The molecule has 2 aromatic heterocycles. The van der Waals surface area contributed by atoms with Gasteiger partial charge in [0.2, 0.25) is 5.91 Å². The zero-order chi connectivity index (χ0) is 17.8. The van der Waals surface area contributed by atoms with Gasteiger partial charge in [-0.3, -0.25) is 9.36 Å². The first-order valence-corrected chi connectivity index (χ1v) is 9.81. The van der Waals surface area contributed by atoms with E-state index in [4.69, 9.17) is 0 Å². The van der Waals surface area contributed by atoms with E-state index in [1.807, 2.05) is 23.1 Å². The molecular weight excluding hydrogens is 352 g/mol. The summed E-state index contributed by atoms with van der Waals surface area (Å²) in [4.78, 5) is 20.8. The second-order valence-electron chi connectivity index (χ2n) is 5.82. The van der Waals surface area contributed by atoms with Crippen molar-refractivity contribution in [2.24, 2.45) is 0 Å². The molecule has 25 heavy (non-hydrogen) atoms. The predicted octanol–water partition coefficient (Wildman–Crippen LogP) is 3.66. The van der Waals surface area contributed by atoms with Crippen molar-refractivity contribution in [3.05, 3.63) is 57.8 Å². The molecule has 3 rings (SSSR count). The average Bonchev–Trinajstić information content (AvgIpc) is 3.22. The van der Waals surface area contributed by atoms with E-state index in [9.17, 15) is 4.79 Å². The molecule has 1 N–H and O–H groups in total. The first-order chi connectivity index (χ1) is 12.0. The fourth-order valence-electron chi connectivity index (χ4n) is 2.40. The van der Waals surface area contributed by atoms with Gasteiger partial charge in [-0.1, -0.05) is 23.9 Å². The van der Waals surface area contributed by atoms with Gasteiger partial charge in [0.05, 0.1) is 18.0 Å². The topological polar surface area (TPSA) is 59.8 Å². The molecule has 0 spiro atoms. The van der Waals surface area contributed by atoms with Gasteiger partial charge in [0, 0.05) is 23.5 Å². The van der Waals surface area contributed by atoms with E-state index in [-0.39, 0.29) is 5.91 Å². The van der Waals surface area contributed by atoms with E-state index in [0.717, 1.165) is 21.5 Å². The Hall–Kier alpha value is -2.12. The molecule has 0 aliphatic heterocycles. The molecule has 0 bridgehead atoms. The van der Waals surface area contributed by atoms with Crippen LogP contribution in [0.4, 0.5) is 0 Å². The Morgan fingerprint density at radius 3 is 2.92 bits per heavy atom. The van der Waals surface area contributed by atoms with Crippen LogP contribution in [0.1, 0.15) is 21.8 Å². The third-order valence-electron chi connectivity index (χ3n) is 3.67. The highest BCUT2D eigenvalue weighted by molar-refractivity contribution is 7.99. The van der Waals surface area contributed by atoms with E-state index < -0.39 is 0 Å². The number of thiazole rings is 1. The zero-order valence-corrected chi connectivity index (χ0v) is 16.1. The molecule has 0 radical (unpaired) electrons. The van der Waals surface area contributed by atoms with Crippen molar-refractivity contribution < 1.29 is 4.79 Å². The Balaban J connectivity index is 1.61. The Bertz CT molecular complexity index is 885. The summed E-state index contributed by atoms with van der Waals surface area (Å²) in [5.74, 6) is 0.306. The van der Waals surface area contributed by atoms with Crippen molar-refractivity contribution in [2.75, 3.05) is 5.75 Å². The molecular formula is C18H20N4OS2. The highest BCUT2D eigenvalue weighted by atomic mass is 32.2. The highest BCUT2D eigenvalue weighted by Crippen LogP contribution is 2.23. The van der Waals surface area contributed by atoms with Gasteiger partial charge in [-0.15, -0.1) is 11.3 Å². The molecule has 0 atom stereocenters. The monoisotopic (exact) mass is 372 g/mol. The average molecular weight is 373 g/mol. The number of aromatic nitrogens is 3. The van der Waals surface area contributed by atoms with Crippen molar-refractivity contribution in [1.29, 1.82) is 0 Å². The molecule has 1 aromatic carbocycles. The quantitative estimate of drug-likeness (QED) is 0.671. The van der Waals surface area contributed by atoms with Crippen LogP contribution in [0.15, 0.2) is 41.1 Å². The molecule has 0 saturated heterocycles. The van der Waals surface area contributed by atoms with Crippen molar-refractivity contribution in [1.82, 2.24) is 19.9 Å². The van der Waals surface area contributed by atoms with Gasteiger partial charge in [0.25, 0.3) is 0 Å². The van der Waals surface area contributed by atoms with Gasteiger partial charge >= 0.3 is 0 Å². The number of aryl methyl sites for hydroxylation is 3. The van der Waals surface area contributed by atoms with Gasteiger partial charge in [-0.05, 0) is 38.0 Å². The van der Waals surface area contributed by atoms with Crippen LogP contribution in [0.25, 0.3) is 5.69 Å². The maximum atomic E-state index is 12.1. The molecule has 7 heteroatoms. The van der Waals surface area contributed by atoms with Crippen LogP contribution < -0.4 is 5.32 Å². The summed E-state index contributed by atoms with van der Waals surface area (Å²) in [7, 11) is 0. The lowest BCUT2D eigenvalue weighted by Gasteiger charge is -2.11. The molecule has 2 heterocycles. The predicted molar refractivity (Wildman–Crippen MR) is 102 cm³/mol. The molecule has 1 amide bonds. The Morgan fingerprint density at radius 2 is 2.16 bits per heavy atom. The van der Waals surface area contributed by atoms with E-state index in [1.54, 1.807) is 17.5 Å². The fraction of sp³-hybridized carbons (Fsp3) is 0.278. The molecule has 130 valence electrons. The Morgan fingerprint density at radius 1 is 1.32 bits per heavy atom. The normalized spacial score (nSPS) is 10.8. The zero-order valence-electron chi connectivity index (χ0n) is 14.4. The van der Waals surface area contributed by atoms with Gasteiger partial charge < -0.3 is 5.32 Å². The fourth-order valence-corrected chi connectivity index (χ4v) is 3.91. The molecule has 0 aliphatic carbocycles. The summed E-state index contributed by atoms with van der Waals surface area (Å²) in [6.45, 7) is 6.57. The smallest absolute Gasteiger partial charge is 0.230 e. The van der Waals surface area contributed by atoms with Gasteiger partial charge in [0.1, 0.15) is 5.01 Å². The number of carbonyl (C=O) groups is 1. The summed E-state index contributed by atoms with van der Waals surface area (Å²) in [6.07, 6.45) is 3.70. The minimum absolute atomic E-state index is 0.0200. The van der Waals surface area contributed by atoms with Gasteiger partial charge in [-0.2, -0.15) is 0 Å². The van der Waals surface area contributed by atoms with Crippen LogP contribution in [0.3, 0.4) is 0 Å². The summed E-state index contributed by atoms with van der Waals surface area (Å²) in [5.41, 5.74) is 4.45. The minimum Gasteiger partial charge on any atom is -0.349 e. The first-order valence-electron chi connectivity index (χ1n) is 7.94. The molecule has 0 unspecified atom stereocenters. The number of thioether (sulfide) groups is 1. The number of hydrogen-bond donors (Lipinski definition) is 1. The van der Waals surface area contributed by atoms with Crippen molar-refractivity contribution in [2.45, 2.75) is 32.5 Å². The summed E-state index contributed by atoms with van der Waals surface area (Å²) >= 11 is 3.00. The summed E-state index contributed by atoms with van der Waals surface area (Å²) in [5, 5.41) is 6.63. The molecule has 5 nitrogen and oxygen atoms in total. The molecule has 3 aromatic rings. The number of imidazole rings is 1. The van der Waals surface area contributed by atoms with Crippen molar-refractivity contribution in [3.63, 3.8) is 0 Å². The summed E-state index contributed by atoms with van der Waals surface area (Å²) < 4.78 is 2.03. The number of hydrogen-bond acceptors (Lipinski definition) is 5. The standard InChI is InChI=1S/C18H20N4OS2/c1-12-4-5-13(2)15(8-12)22-7-6-19-18(22)25-11-16(23)20-9-17-21-14(3)10-24-17/h4-8,10H,9,11H2,1-3H3,(H,20,23). The summed E-state index contributed by atoms with van der Waals surface area (Å²) in [6, 6.07) is 6.32. The largest absolute Gasteiger partial charge is 0.349 e. The number of rotatable bonds is 6. The van der Waals surface area contributed by atoms with Gasteiger partial charge in [0.15, 0.2) is 5.16 Å². The van der Waals surface area contributed by atoms with Crippen LogP contribution in [0, 0.1) is 20.8 Å². The number of nitrogens with zero attached hydrogens (tertiary/aromatic N) is 3. The number of amides is 1. The van der Waals surface area contributed by atoms with Gasteiger partial charge in [-0.25, -0.2) is 9.97 Å². The van der Waals surface area contributed by atoms with Crippen molar-refractivity contribution >= 4 is 29.0 Å². The second-order valence-corrected chi connectivity index (χ2v) is 7.70. The SMILES string of the molecule is Cc1ccc(C)c(-n2ccnc2SCC(=O)NCc2nc(C)cs2)c1. The van der Waals surface area contributed by atoms with Crippen molar-refractivity contribution in [3.8, 4) is 5.69 Å². The lowest BCUT2D eigenvalue weighted by atomic mass is 10.1. The third kappa shape index (κ3) is 4.49. The van der Waals surface area contributed by atoms with E-state index in [0.29, 0.717) is 12.3 Å². The maximum absolute atomic E-state index is 12.1.